The van der Waals surface area contributed by atoms with E-state index in [1.807, 2.05) is 0 Å². The van der Waals surface area contributed by atoms with Gasteiger partial charge in [-0.25, -0.2) is 0 Å². The first-order chi connectivity index (χ1) is 7.83. The third kappa shape index (κ3) is 1.80. The van der Waals surface area contributed by atoms with Crippen LogP contribution in [0.1, 0.15) is 46.0 Å². The number of fused-ring (bicyclic) bond motifs is 1. The Morgan fingerprint density at radius 3 is 2.69 bits per heavy atom. The molecule has 0 amide bonds. The molecule has 2 heteroatoms. The molecule has 4 atom stereocenters. The summed E-state index contributed by atoms with van der Waals surface area (Å²) in [5.74, 6) is 1.03. The molecule has 0 radical (unpaired) electrons. The summed E-state index contributed by atoms with van der Waals surface area (Å²) in [6.45, 7) is 8.83. The molecule has 1 saturated carbocycles. The van der Waals surface area contributed by atoms with E-state index in [1.165, 1.54) is 51.7 Å². The van der Waals surface area contributed by atoms with Crippen LogP contribution in [-0.4, -0.2) is 47.6 Å². The Hall–Kier alpha value is -0.0800. The average molecular weight is 222 g/mol. The van der Waals surface area contributed by atoms with Gasteiger partial charge in [0.1, 0.15) is 0 Å². The van der Waals surface area contributed by atoms with Gasteiger partial charge in [0.05, 0.1) is 0 Å². The molecule has 3 fully saturated rings. The Morgan fingerprint density at radius 2 is 2.00 bits per heavy atom. The molecule has 0 aromatic rings. The molecule has 3 rings (SSSR count). The van der Waals surface area contributed by atoms with Crippen molar-refractivity contribution in [3.8, 4) is 0 Å². The summed E-state index contributed by atoms with van der Waals surface area (Å²) in [7, 11) is 0. The fraction of sp³-hybridized carbons (Fsp3) is 1.00. The van der Waals surface area contributed by atoms with Gasteiger partial charge in [0.2, 0.25) is 0 Å². The summed E-state index contributed by atoms with van der Waals surface area (Å²) in [6, 6.07) is 2.72. The van der Waals surface area contributed by atoms with Crippen LogP contribution in [0.4, 0.5) is 0 Å². The lowest BCUT2D eigenvalue weighted by atomic mass is 10.0. The molecule has 2 aliphatic heterocycles. The first-order valence-corrected chi connectivity index (χ1v) is 7.33. The molecule has 1 aliphatic carbocycles. The second-order valence-corrected chi connectivity index (χ2v) is 6.02. The van der Waals surface area contributed by atoms with Crippen LogP contribution < -0.4 is 0 Å². The highest BCUT2D eigenvalue weighted by atomic mass is 15.3. The van der Waals surface area contributed by atoms with Gasteiger partial charge < -0.3 is 0 Å². The van der Waals surface area contributed by atoms with E-state index in [-0.39, 0.29) is 0 Å². The minimum Gasteiger partial charge on any atom is -0.298 e. The molecule has 16 heavy (non-hydrogen) atoms. The SMILES string of the molecule is CCC1CC1N1CC2CCCN2CC1CC. The van der Waals surface area contributed by atoms with E-state index in [9.17, 15) is 0 Å². The molecule has 2 nitrogen and oxygen atoms in total. The molecule has 0 bridgehead atoms. The molecule has 0 spiro atoms. The Balaban J connectivity index is 1.67. The third-order valence-electron chi connectivity index (χ3n) is 5.14. The van der Waals surface area contributed by atoms with Gasteiger partial charge in [-0.05, 0) is 38.1 Å². The van der Waals surface area contributed by atoms with Crippen LogP contribution in [0.25, 0.3) is 0 Å². The maximum Gasteiger partial charge on any atom is 0.0224 e. The summed E-state index contributed by atoms with van der Waals surface area (Å²) < 4.78 is 0. The maximum atomic E-state index is 2.88. The minimum atomic E-state index is 0.857. The molecule has 3 aliphatic rings. The third-order valence-corrected chi connectivity index (χ3v) is 5.14. The molecular formula is C14H26N2. The smallest absolute Gasteiger partial charge is 0.0224 e. The standard InChI is InChI=1S/C14H26N2/c1-3-11-8-14(11)16-10-13-6-5-7-15(13)9-12(16)4-2/h11-14H,3-10H2,1-2H3. The highest BCUT2D eigenvalue weighted by Gasteiger charge is 2.46. The van der Waals surface area contributed by atoms with Crippen molar-refractivity contribution in [2.45, 2.75) is 64.1 Å². The topological polar surface area (TPSA) is 6.48 Å². The largest absolute Gasteiger partial charge is 0.298 e. The van der Waals surface area contributed by atoms with E-state index in [0.29, 0.717) is 0 Å². The molecule has 4 unspecified atom stereocenters. The lowest BCUT2D eigenvalue weighted by Crippen LogP contribution is -2.56. The van der Waals surface area contributed by atoms with E-state index in [1.54, 1.807) is 0 Å². The van der Waals surface area contributed by atoms with Crippen molar-refractivity contribution in [3.05, 3.63) is 0 Å². The number of hydrogen-bond donors (Lipinski definition) is 0. The van der Waals surface area contributed by atoms with E-state index in [2.05, 4.69) is 23.6 Å². The zero-order valence-electron chi connectivity index (χ0n) is 10.9. The summed E-state index contributed by atoms with van der Waals surface area (Å²) in [4.78, 5) is 5.63. The Bertz CT molecular complexity index is 253. The highest BCUT2D eigenvalue weighted by Crippen LogP contribution is 2.42. The monoisotopic (exact) mass is 222 g/mol. The number of hydrogen-bond acceptors (Lipinski definition) is 2. The van der Waals surface area contributed by atoms with Gasteiger partial charge in [-0.15, -0.1) is 0 Å². The summed E-state index contributed by atoms with van der Waals surface area (Å²) in [5, 5.41) is 0. The van der Waals surface area contributed by atoms with Gasteiger partial charge in [0.25, 0.3) is 0 Å². The van der Waals surface area contributed by atoms with Gasteiger partial charge in [-0.3, -0.25) is 9.80 Å². The number of rotatable bonds is 3. The normalized spacial score (nSPS) is 44.6. The molecule has 0 N–H and O–H groups in total. The van der Waals surface area contributed by atoms with Crippen molar-refractivity contribution >= 4 is 0 Å². The summed E-state index contributed by atoms with van der Waals surface area (Å²) >= 11 is 0. The first kappa shape index (κ1) is 11.0. The van der Waals surface area contributed by atoms with E-state index in [0.717, 1.165) is 24.0 Å². The van der Waals surface area contributed by atoms with E-state index >= 15 is 0 Å². The average Bonchev–Trinajstić information content (AvgIpc) is 2.97. The van der Waals surface area contributed by atoms with Crippen molar-refractivity contribution in [1.29, 1.82) is 0 Å². The molecule has 0 aromatic carbocycles. The van der Waals surface area contributed by atoms with Crippen LogP contribution in [0.2, 0.25) is 0 Å². The molecule has 92 valence electrons. The molecule has 0 aromatic heterocycles. The van der Waals surface area contributed by atoms with E-state index in [4.69, 9.17) is 0 Å². The minimum absolute atomic E-state index is 0.857. The Kier molecular flexibility index (Phi) is 2.97. The Morgan fingerprint density at radius 1 is 1.12 bits per heavy atom. The van der Waals surface area contributed by atoms with Crippen molar-refractivity contribution < 1.29 is 0 Å². The fourth-order valence-corrected chi connectivity index (χ4v) is 3.96. The van der Waals surface area contributed by atoms with Gasteiger partial charge in [0.15, 0.2) is 0 Å². The second kappa shape index (κ2) is 4.30. The fourth-order valence-electron chi connectivity index (χ4n) is 3.96. The number of piperazine rings is 1. The van der Waals surface area contributed by atoms with Crippen LogP contribution in [0.15, 0.2) is 0 Å². The van der Waals surface area contributed by atoms with Crippen molar-refractivity contribution in [1.82, 2.24) is 9.80 Å². The molecule has 2 saturated heterocycles. The lowest BCUT2D eigenvalue weighted by Gasteiger charge is -2.44. The van der Waals surface area contributed by atoms with Crippen molar-refractivity contribution in [3.63, 3.8) is 0 Å². The van der Waals surface area contributed by atoms with Gasteiger partial charge in [-0.2, -0.15) is 0 Å². The van der Waals surface area contributed by atoms with Crippen LogP contribution >= 0.6 is 0 Å². The van der Waals surface area contributed by atoms with Gasteiger partial charge >= 0.3 is 0 Å². The maximum absolute atomic E-state index is 2.88. The van der Waals surface area contributed by atoms with Crippen LogP contribution in [-0.2, 0) is 0 Å². The Labute approximate surface area is 100.0 Å². The van der Waals surface area contributed by atoms with Crippen LogP contribution in [0.5, 0.6) is 0 Å². The quantitative estimate of drug-likeness (QED) is 0.723. The zero-order valence-corrected chi connectivity index (χ0v) is 10.9. The van der Waals surface area contributed by atoms with Crippen molar-refractivity contribution in [2.75, 3.05) is 19.6 Å². The summed E-state index contributed by atoms with van der Waals surface area (Å²) in [5.41, 5.74) is 0. The predicted molar refractivity (Wildman–Crippen MR) is 67.6 cm³/mol. The zero-order chi connectivity index (χ0) is 11.1. The summed E-state index contributed by atoms with van der Waals surface area (Å²) in [6.07, 6.45) is 7.12. The second-order valence-electron chi connectivity index (χ2n) is 6.02. The molecular weight excluding hydrogens is 196 g/mol. The number of nitrogens with zero attached hydrogens (tertiary/aromatic N) is 2. The lowest BCUT2D eigenvalue weighted by molar-refractivity contribution is 0.0397. The highest BCUT2D eigenvalue weighted by molar-refractivity contribution is 5.01. The molecule has 2 heterocycles. The van der Waals surface area contributed by atoms with Crippen molar-refractivity contribution in [2.24, 2.45) is 5.92 Å². The van der Waals surface area contributed by atoms with E-state index < -0.39 is 0 Å². The first-order valence-electron chi connectivity index (χ1n) is 7.33. The van der Waals surface area contributed by atoms with Gasteiger partial charge in [-0.1, -0.05) is 20.3 Å². The van der Waals surface area contributed by atoms with Crippen LogP contribution in [0.3, 0.4) is 0 Å². The predicted octanol–water partition coefficient (Wildman–Crippen LogP) is 2.34. The van der Waals surface area contributed by atoms with Crippen LogP contribution in [0, 0.1) is 5.92 Å². The van der Waals surface area contributed by atoms with Gasteiger partial charge in [0, 0.05) is 31.2 Å².